The van der Waals surface area contributed by atoms with Crippen LogP contribution in [-0.4, -0.2) is 27.9 Å². The van der Waals surface area contributed by atoms with Crippen LogP contribution >= 0.6 is 34.9 Å². The largest absolute Gasteiger partial charge is 0.325 e. The van der Waals surface area contributed by atoms with Crippen LogP contribution in [0.3, 0.4) is 0 Å². The molecule has 0 fully saturated rings. The molecular weight excluding hydrogens is 430 g/mol. The summed E-state index contributed by atoms with van der Waals surface area (Å²) in [6, 6.07) is 14.1. The maximum Gasteiger partial charge on any atom is 0.234 e. The molecule has 1 amide bonds. The zero-order valence-corrected chi connectivity index (χ0v) is 19.1. The first kappa shape index (κ1) is 19.8. The average Bonchev–Trinajstić information content (AvgIpc) is 3.16. The highest BCUT2D eigenvalue weighted by Gasteiger charge is 2.22. The topological polar surface area (TPSA) is 54.9 Å². The van der Waals surface area contributed by atoms with E-state index in [1.165, 1.54) is 40.4 Å². The van der Waals surface area contributed by atoms with Crippen molar-refractivity contribution in [3.05, 3.63) is 52.9 Å². The van der Waals surface area contributed by atoms with E-state index >= 15 is 0 Å². The number of rotatable bonds is 5. The number of anilines is 1. The molecule has 0 saturated carbocycles. The molecule has 0 saturated heterocycles. The number of aryl methyl sites for hydroxylation is 2. The lowest BCUT2D eigenvalue weighted by Crippen LogP contribution is -2.14. The highest BCUT2D eigenvalue weighted by molar-refractivity contribution is 8.00. The Bertz CT molecular complexity index is 1250. The van der Waals surface area contributed by atoms with Crippen LogP contribution in [0.2, 0.25) is 0 Å². The second kappa shape index (κ2) is 8.57. The van der Waals surface area contributed by atoms with Crippen molar-refractivity contribution in [2.24, 2.45) is 0 Å². The summed E-state index contributed by atoms with van der Waals surface area (Å²) in [5.41, 5.74) is 2.26. The van der Waals surface area contributed by atoms with E-state index in [9.17, 15) is 4.79 Å². The van der Waals surface area contributed by atoms with E-state index in [1.54, 1.807) is 23.1 Å². The number of thioether (sulfide) groups is 2. The fraction of sp³-hybridized carbons (Fsp3) is 0.261. The number of benzene rings is 2. The van der Waals surface area contributed by atoms with Gasteiger partial charge in [-0.05, 0) is 49.0 Å². The Morgan fingerprint density at radius 2 is 1.93 bits per heavy atom. The highest BCUT2D eigenvalue weighted by Crippen LogP contribution is 2.40. The Balaban J connectivity index is 1.40. The van der Waals surface area contributed by atoms with Crippen LogP contribution < -0.4 is 5.32 Å². The molecule has 152 valence electrons. The lowest BCUT2D eigenvalue weighted by Gasteiger charge is -2.12. The average molecular weight is 452 g/mol. The fourth-order valence-corrected chi connectivity index (χ4v) is 6.62. The van der Waals surface area contributed by atoms with Gasteiger partial charge < -0.3 is 5.32 Å². The van der Waals surface area contributed by atoms with Gasteiger partial charge in [-0.1, -0.05) is 59.9 Å². The molecule has 1 N–H and O–H groups in total. The lowest BCUT2D eigenvalue weighted by molar-refractivity contribution is -0.113. The van der Waals surface area contributed by atoms with Crippen LogP contribution in [0.4, 0.5) is 5.69 Å². The SMILES string of the molecule is CSc1nc(SCC(=O)Nc2cccc3ccccc23)c2c3c(sc2n1)CCCC3. The van der Waals surface area contributed by atoms with Crippen molar-refractivity contribution >= 4 is 67.4 Å². The number of nitrogens with one attached hydrogen (secondary N) is 1. The zero-order valence-electron chi connectivity index (χ0n) is 16.6. The Hall–Kier alpha value is -2.09. The smallest absolute Gasteiger partial charge is 0.234 e. The van der Waals surface area contributed by atoms with Crippen LogP contribution in [0, 0.1) is 0 Å². The predicted molar refractivity (Wildman–Crippen MR) is 129 cm³/mol. The Labute approximate surface area is 187 Å². The molecule has 4 nitrogen and oxygen atoms in total. The van der Waals surface area contributed by atoms with Gasteiger partial charge in [-0.25, -0.2) is 9.97 Å². The zero-order chi connectivity index (χ0) is 20.5. The summed E-state index contributed by atoms with van der Waals surface area (Å²) < 4.78 is 0. The van der Waals surface area contributed by atoms with Gasteiger partial charge in [0.15, 0.2) is 5.16 Å². The fourth-order valence-electron chi connectivity index (χ4n) is 3.96. The molecule has 0 unspecified atom stereocenters. The first-order valence-electron chi connectivity index (χ1n) is 9.99. The van der Waals surface area contributed by atoms with Gasteiger partial charge in [0, 0.05) is 21.3 Å². The van der Waals surface area contributed by atoms with Crippen LogP contribution in [0.5, 0.6) is 0 Å². The van der Waals surface area contributed by atoms with Gasteiger partial charge >= 0.3 is 0 Å². The van der Waals surface area contributed by atoms with E-state index < -0.39 is 0 Å². The quantitative estimate of drug-likeness (QED) is 0.223. The molecule has 7 heteroatoms. The van der Waals surface area contributed by atoms with Crippen molar-refractivity contribution in [1.82, 2.24) is 9.97 Å². The molecule has 0 bridgehead atoms. The van der Waals surface area contributed by atoms with Gasteiger partial charge in [-0.15, -0.1) is 11.3 Å². The maximum atomic E-state index is 12.8. The molecule has 0 radical (unpaired) electrons. The second-order valence-electron chi connectivity index (χ2n) is 7.27. The minimum Gasteiger partial charge on any atom is -0.325 e. The van der Waals surface area contributed by atoms with E-state index in [0.717, 1.165) is 44.3 Å². The summed E-state index contributed by atoms with van der Waals surface area (Å²) >= 11 is 4.88. The van der Waals surface area contributed by atoms with Gasteiger partial charge in [0.1, 0.15) is 9.86 Å². The molecule has 0 spiro atoms. The number of carbonyl (C=O) groups is 1. The molecule has 0 aliphatic heterocycles. The van der Waals surface area contributed by atoms with E-state index in [0.29, 0.717) is 5.75 Å². The minimum absolute atomic E-state index is 0.0158. The molecule has 0 atom stereocenters. The van der Waals surface area contributed by atoms with E-state index in [1.807, 2.05) is 36.6 Å². The number of thiophene rings is 1. The van der Waals surface area contributed by atoms with E-state index in [-0.39, 0.29) is 5.91 Å². The number of hydrogen-bond donors (Lipinski definition) is 1. The third-order valence-electron chi connectivity index (χ3n) is 5.35. The Morgan fingerprint density at radius 1 is 1.10 bits per heavy atom. The summed E-state index contributed by atoms with van der Waals surface area (Å²) in [5.74, 6) is 0.311. The number of carbonyl (C=O) groups excluding carboxylic acids is 1. The molecule has 2 heterocycles. The molecule has 30 heavy (non-hydrogen) atoms. The summed E-state index contributed by atoms with van der Waals surface area (Å²) in [4.78, 5) is 24.8. The van der Waals surface area contributed by atoms with Gasteiger partial charge in [-0.2, -0.15) is 0 Å². The number of amides is 1. The number of aromatic nitrogens is 2. The molecule has 4 aromatic rings. The maximum absolute atomic E-state index is 12.8. The van der Waals surface area contributed by atoms with Crippen LogP contribution in [0.15, 0.2) is 52.6 Å². The number of nitrogens with zero attached hydrogens (tertiary/aromatic N) is 2. The van der Waals surface area contributed by atoms with Gasteiger partial charge in [0.25, 0.3) is 0 Å². The van der Waals surface area contributed by atoms with Crippen molar-refractivity contribution in [3.63, 3.8) is 0 Å². The predicted octanol–water partition coefficient (Wildman–Crippen LogP) is 6.18. The van der Waals surface area contributed by atoms with Crippen molar-refractivity contribution in [1.29, 1.82) is 0 Å². The first-order chi connectivity index (χ1) is 14.7. The molecule has 2 aromatic heterocycles. The molecule has 5 rings (SSSR count). The Morgan fingerprint density at radius 3 is 2.83 bits per heavy atom. The Kier molecular flexibility index (Phi) is 5.67. The van der Waals surface area contributed by atoms with Crippen LogP contribution in [0.1, 0.15) is 23.3 Å². The van der Waals surface area contributed by atoms with Gasteiger partial charge in [0.05, 0.1) is 5.75 Å². The van der Waals surface area contributed by atoms with E-state index in [2.05, 4.69) is 17.4 Å². The normalized spacial score (nSPS) is 13.5. The summed E-state index contributed by atoms with van der Waals surface area (Å²) in [6.07, 6.45) is 6.69. The van der Waals surface area contributed by atoms with Crippen molar-refractivity contribution in [2.75, 3.05) is 17.3 Å². The van der Waals surface area contributed by atoms with Crippen molar-refractivity contribution < 1.29 is 4.79 Å². The third-order valence-corrected chi connectivity index (χ3v) is 8.06. The van der Waals surface area contributed by atoms with Crippen LogP contribution in [0.25, 0.3) is 21.0 Å². The standard InChI is InChI=1S/C23H21N3OS3/c1-28-23-25-21(20-16-10-4-5-12-18(16)30-22(20)26-23)29-13-19(27)24-17-11-6-8-14-7-2-3-9-15(14)17/h2-3,6-9,11H,4-5,10,12-13H2,1H3,(H,24,27). The first-order valence-corrected chi connectivity index (χ1v) is 13.0. The lowest BCUT2D eigenvalue weighted by atomic mass is 9.97. The number of hydrogen-bond acceptors (Lipinski definition) is 6. The summed E-state index contributed by atoms with van der Waals surface area (Å²) in [7, 11) is 0. The summed E-state index contributed by atoms with van der Waals surface area (Å²) in [5, 5.41) is 8.15. The molecule has 2 aromatic carbocycles. The third kappa shape index (κ3) is 3.82. The highest BCUT2D eigenvalue weighted by atomic mass is 32.2. The number of fused-ring (bicyclic) bond motifs is 4. The van der Waals surface area contributed by atoms with E-state index in [4.69, 9.17) is 9.97 Å². The second-order valence-corrected chi connectivity index (χ2v) is 10.1. The molecule has 1 aliphatic rings. The summed E-state index contributed by atoms with van der Waals surface area (Å²) in [6.45, 7) is 0. The van der Waals surface area contributed by atoms with Crippen LogP contribution in [-0.2, 0) is 17.6 Å². The minimum atomic E-state index is -0.0158. The van der Waals surface area contributed by atoms with Gasteiger partial charge in [0.2, 0.25) is 5.91 Å². The van der Waals surface area contributed by atoms with Crippen molar-refractivity contribution in [2.45, 2.75) is 35.9 Å². The molecular formula is C23H21N3OS3. The monoisotopic (exact) mass is 451 g/mol. The molecule has 1 aliphatic carbocycles. The van der Waals surface area contributed by atoms with Gasteiger partial charge in [-0.3, -0.25) is 4.79 Å². The van der Waals surface area contributed by atoms with Crippen molar-refractivity contribution in [3.8, 4) is 0 Å².